The van der Waals surface area contributed by atoms with Gasteiger partial charge in [0.1, 0.15) is 0 Å². The van der Waals surface area contributed by atoms with E-state index in [0.717, 1.165) is 11.1 Å². The Hall–Kier alpha value is -3.90. The molecule has 0 bridgehead atoms. The van der Waals surface area contributed by atoms with Gasteiger partial charge >= 0.3 is 0 Å². The number of nitrogens with zero attached hydrogens (tertiary/aromatic N) is 4. The van der Waals surface area contributed by atoms with Gasteiger partial charge in [-0.2, -0.15) is 4.68 Å². The zero-order valence-corrected chi connectivity index (χ0v) is 18.7. The molecule has 0 fully saturated rings. The summed E-state index contributed by atoms with van der Waals surface area (Å²) in [5.41, 5.74) is 2.59. The highest BCUT2D eigenvalue weighted by atomic mass is 35.5. The zero-order chi connectivity index (χ0) is 22.9. The molecule has 164 valence electrons. The van der Waals surface area contributed by atoms with Crippen molar-refractivity contribution in [3.8, 4) is 5.82 Å². The molecule has 7 heteroatoms. The van der Waals surface area contributed by atoms with Crippen molar-refractivity contribution in [3.63, 3.8) is 0 Å². The topological polar surface area (TPSA) is 61.8 Å². The van der Waals surface area contributed by atoms with E-state index in [9.17, 15) is 9.59 Å². The molecule has 0 unspecified atom stereocenters. The molecule has 0 aliphatic carbocycles. The van der Waals surface area contributed by atoms with Crippen LogP contribution in [-0.4, -0.2) is 18.9 Å². The van der Waals surface area contributed by atoms with Crippen LogP contribution in [0.15, 0.2) is 94.6 Å². The van der Waals surface area contributed by atoms with Crippen molar-refractivity contribution >= 4 is 22.5 Å². The molecule has 5 rings (SSSR count). The Kier molecular flexibility index (Phi) is 5.44. The smallest absolute Gasteiger partial charge is 0.282 e. The van der Waals surface area contributed by atoms with Crippen molar-refractivity contribution in [2.75, 3.05) is 0 Å². The maximum absolute atomic E-state index is 13.7. The van der Waals surface area contributed by atoms with Crippen LogP contribution < -0.4 is 11.1 Å². The number of hydrogen-bond donors (Lipinski definition) is 0. The van der Waals surface area contributed by atoms with Gasteiger partial charge in [-0.1, -0.05) is 66.2 Å². The summed E-state index contributed by atoms with van der Waals surface area (Å²) in [6, 6.07) is 24.2. The lowest BCUT2D eigenvalue weighted by Crippen LogP contribution is -2.24. The van der Waals surface area contributed by atoms with Gasteiger partial charge in [0.2, 0.25) is 0 Å². The highest BCUT2D eigenvalue weighted by Crippen LogP contribution is 2.21. The van der Waals surface area contributed by atoms with Gasteiger partial charge in [-0.15, -0.1) is 0 Å². The summed E-state index contributed by atoms with van der Waals surface area (Å²) in [6.45, 7) is 2.51. The quantitative estimate of drug-likeness (QED) is 0.393. The van der Waals surface area contributed by atoms with E-state index in [1.807, 2.05) is 59.3 Å². The molecule has 0 aliphatic rings. The molecule has 0 atom stereocenters. The van der Waals surface area contributed by atoms with Crippen LogP contribution in [0.4, 0.5) is 0 Å². The largest absolute Gasteiger partial charge is 0.308 e. The summed E-state index contributed by atoms with van der Waals surface area (Å²) in [6.07, 6.45) is 1.65. The lowest BCUT2D eigenvalue weighted by molar-refractivity contribution is 0.602. The molecule has 3 heterocycles. The van der Waals surface area contributed by atoms with Crippen LogP contribution in [0.1, 0.15) is 16.8 Å². The van der Waals surface area contributed by atoms with Crippen LogP contribution in [0.5, 0.6) is 0 Å². The molecule has 0 saturated heterocycles. The monoisotopic (exact) mass is 456 g/mol. The Balaban J connectivity index is 1.77. The van der Waals surface area contributed by atoms with Crippen molar-refractivity contribution in [3.05, 3.63) is 128 Å². The van der Waals surface area contributed by atoms with E-state index in [0.29, 0.717) is 34.0 Å². The van der Waals surface area contributed by atoms with Gasteiger partial charge in [0.05, 0.1) is 24.0 Å². The minimum absolute atomic E-state index is 0.195. The van der Waals surface area contributed by atoms with Crippen LogP contribution >= 0.6 is 11.6 Å². The van der Waals surface area contributed by atoms with Gasteiger partial charge in [0.15, 0.2) is 5.82 Å². The zero-order valence-electron chi connectivity index (χ0n) is 18.0. The molecule has 6 nitrogen and oxygen atoms in total. The molecule has 0 radical (unpaired) electrons. The van der Waals surface area contributed by atoms with E-state index in [-0.39, 0.29) is 17.7 Å². The molecule has 0 spiro atoms. The number of aromatic nitrogens is 4. The SMILES string of the molecule is Cc1c2c(=O)n(-c3ccccn3)n(Cc3ccccc3)c2cc(=O)n1Cc1ccccc1Cl. The number of pyridine rings is 2. The number of aryl methyl sites for hydroxylation is 1. The first-order valence-electron chi connectivity index (χ1n) is 10.6. The minimum Gasteiger partial charge on any atom is -0.308 e. The molecule has 33 heavy (non-hydrogen) atoms. The van der Waals surface area contributed by atoms with Gasteiger partial charge in [-0.3, -0.25) is 14.3 Å². The van der Waals surface area contributed by atoms with Crippen molar-refractivity contribution in [2.24, 2.45) is 0 Å². The van der Waals surface area contributed by atoms with Crippen molar-refractivity contribution in [1.82, 2.24) is 18.9 Å². The predicted molar refractivity (Wildman–Crippen MR) is 130 cm³/mol. The summed E-state index contributed by atoms with van der Waals surface area (Å²) >= 11 is 6.33. The predicted octanol–water partition coefficient (Wildman–Crippen LogP) is 4.41. The number of hydrogen-bond acceptors (Lipinski definition) is 3. The molecular formula is C26H21ClN4O2. The second-order valence-electron chi connectivity index (χ2n) is 7.85. The van der Waals surface area contributed by atoms with E-state index in [1.54, 1.807) is 40.6 Å². The van der Waals surface area contributed by atoms with Crippen LogP contribution in [0.3, 0.4) is 0 Å². The van der Waals surface area contributed by atoms with Crippen molar-refractivity contribution in [2.45, 2.75) is 20.0 Å². The number of rotatable bonds is 5. The average Bonchev–Trinajstić information content (AvgIpc) is 3.10. The highest BCUT2D eigenvalue weighted by Gasteiger charge is 2.21. The van der Waals surface area contributed by atoms with Gasteiger partial charge in [-0.05, 0) is 36.2 Å². The number of fused-ring (bicyclic) bond motifs is 1. The molecule has 0 N–H and O–H groups in total. The Morgan fingerprint density at radius 3 is 2.33 bits per heavy atom. The Morgan fingerprint density at radius 1 is 0.879 bits per heavy atom. The number of benzene rings is 2. The summed E-state index contributed by atoms with van der Waals surface area (Å²) < 4.78 is 4.97. The summed E-state index contributed by atoms with van der Waals surface area (Å²) in [7, 11) is 0. The Labute approximate surface area is 194 Å². The first kappa shape index (κ1) is 21.0. The molecule has 0 saturated carbocycles. The van der Waals surface area contributed by atoms with Gasteiger partial charge in [0, 0.05) is 23.0 Å². The first-order valence-corrected chi connectivity index (χ1v) is 11.0. The lowest BCUT2D eigenvalue weighted by Gasteiger charge is -2.14. The van der Waals surface area contributed by atoms with Gasteiger partial charge < -0.3 is 4.57 Å². The van der Waals surface area contributed by atoms with E-state index >= 15 is 0 Å². The molecule has 0 amide bonds. The maximum atomic E-state index is 13.7. The molecule has 3 aromatic heterocycles. The summed E-state index contributed by atoms with van der Waals surface area (Å²) in [5, 5.41) is 1.07. The fourth-order valence-corrected chi connectivity index (χ4v) is 4.35. The van der Waals surface area contributed by atoms with Gasteiger partial charge in [0.25, 0.3) is 11.1 Å². The van der Waals surface area contributed by atoms with Crippen LogP contribution in [0, 0.1) is 6.92 Å². The third kappa shape index (κ3) is 3.79. The molecule has 2 aromatic carbocycles. The standard InChI is InChI=1S/C26H21ClN4O2/c1-18-25-22(15-24(32)29(18)17-20-11-5-6-12-21(20)27)30(16-19-9-3-2-4-10-19)31(26(25)33)23-13-7-8-14-28-23/h2-15H,16-17H2,1H3. The van der Waals surface area contributed by atoms with Crippen molar-refractivity contribution < 1.29 is 0 Å². The Morgan fingerprint density at radius 2 is 1.61 bits per heavy atom. The van der Waals surface area contributed by atoms with E-state index in [4.69, 9.17) is 11.6 Å². The normalized spacial score (nSPS) is 11.2. The Bertz CT molecular complexity index is 1570. The van der Waals surface area contributed by atoms with Crippen molar-refractivity contribution in [1.29, 1.82) is 0 Å². The van der Waals surface area contributed by atoms with E-state index in [2.05, 4.69) is 4.98 Å². The average molecular weight is 457 g/mol. The second kappa shape index (κ2) is 8.56. The fraction of sp³-hybridized carbons (Fsp3) is 0.115. The summed E-state index contributed by atoms with van der Waals surface area (Å²) in [4.78, 5) is 31.3. The van der Waals surface area contributed by atoms with Crippen LogP contribution in [0.25, 0.3) is 16.7 Å². The van der Waals surface area contributed by atoms with Crippen LogP contribution in [-0.2, 0) is 13.1 Å². The summed E-state index contributed by atoms with van der Waals surface area (Å²) in [5.74, 6) is 0.499. The fourth-order valence-electron chi connectivity index (χ4n) is 4.16. The maximum Gasteiger partial charge on any atom is 0.282 e. The molecule has 5 aromatic rings. The third-order valence-electron chi connectivity index (χ3n) is 5.80. The van der Waals surface area contributed by atoms with Crippen LogP contribution in [0.2, 0.25) is 5.02 Å². The molecular weight excluding hydrogens is 436 g/mol. The minimum atomic E-state index is -0.218. The second-order valence-corrected chi connectivity index (χ2v) is 8.26. The lowest BCUT2D eigenvalue weighted by atomic mass is 10.2. The third-order valence-corrected chi connectivity index (χ3v) is 6.17. The van der Waals surface area contributed by atoms with Gasteiger partial charge in [-0.25, -0.2) is 4.98 Å². The first-order chi connectivity index (χ1) is 16.0. The number of halogens is 1. The molecule has 0 aliphatic heterocycles. The van der Waals surface area contributed by atoms with E-state index in [1.165, 1.54) is 6.07 Å². The van der Waals surface area contributed by atoms with E-state index < -0.39 is 0 Å². The highest BCUT2D eigenvalue weighted by molar-refractivity contribution is 6.31.